The lowest BCUT2D eigenvalue weighted by Crippen LogP contribution is -2.21. The van der Waals surface area contributed by atoms with Crippen molar-refractivity contribution in [3.8, 4) is 17.2 Å². The number of aryl methyl sites for hydroxylation is 2. The molecule has 0 bridgehead atoms. The Balaban J connectivity index is 1.79. The molecule has 196 valence electrons. The van der Waals surface area contributed by atoms with Gasteiger partial charge in [0.2, 0.25) is 0 Å². The maximum Gasteiger partial charge on any atom is 0.253 e. The predicted octanol–water partition coefficient (Wildman–Crippen LogP) is 7.28. The maximum atomic E-state index is 13.1. The van der Waals surface area contributed by atoms with Crippen LogP contribution >= 0.6 is 0 Å². The SMILES string of the molecule is Cc1noc(C)c1-c1cc(C#N)c2c3ccc(C(=O)N(C)C)cc3n(C(c3ccccc3)c3ccccc3)c2c1. The maximum absolute atomic E-state index is 13.1. The highest BCUT2D eigenvalue weighted by molar-refractivity contribution is 6.13. The zero-order chi connectivity index (χ0) is 28.0. The van der Waals surface area contributed by atoms with Crippen molar-refractivity contribution in [1.29, 1.82) is 5.26 Å². The van der Waals surface area contributed by atoms with Gasteiger partial charge in [0.1, 0.15) is 5.76 Å². The summed E-state index contributed by atoms with van der Waals surface area (Å²) < 4.78 is 7.76. The fourth-order valence-corrected chi connectivity index (χ4v) is 5.73. The van der Waals surface area contributed by atoms with E-state index in [1.54, 1.807) is 19.0 Å². The van der Waals surface area contributed by atoms with Crippen molar-refractivity contribution < 1.29 is 9.32 Å². The Morgan fingerprint density at radius 1 is 0.900 bits per heavy atom. The van der Waals surface area contributed by atoms with Gasteiger partial charge < -0.3 is 14.0 Å². The second-order valence-corrected chi connectivity index (χ2v) is 10.3. The zero-order valence-electron chi connectivity index (χ0n) is 22.8. The molecule has 0 fully saturated rings. The fourth-order valence-electron chi connectivity index (χ4n) is 5.73. The summed E-state index contributed by atoms with van der Waals surface area (Å²) >= 11 is 0. The minimum absolute atomic E-state index is 0.0772. The van der Waals surface area contributed by atoms with E-state index in [2.05, 4.69) is 46.1 Å². The standard InChI is InChI=1S/C34H28N4O2/c1-21-31(22(2)40-36-21)26-17-27(20-35)32-28-16-15-25(34(39)37(3)4)18-29(28)38(30(32)19-26)33(23-11-7-5-8-12-23)24-13-9-6-10-14-24/h5-19,33H,1-4H3. The highest BCUT2D eigenvalue weighted by atomic mass is 16.5. The van der Waals surface area contributed by atoms with Crippen LogP contribution in [0, 0.1) is 25.2 Å². The molecule has 6 nitrogen and oxygen atoms in total. The summed E-state index contributed by atoms with van der Waals surface area (Å²) in [5.41, 5.74) is 7.64. The van der Waals surface area contributed by atoms with E-state index in [0.29, 0.717) is 16.9 Å². The summed E-state index contributed by atoms with van der Waals surface area (Å²) in [6.07, 6.45) is 0. The molecule has 0 spiro atoms. The van der Waals surface area contributed by atoms with Gasteiger partial charge in [0, 0.05) is 36.0 Å². The van der Waals surface area contributed by atoms with Gasteiger partial charge in [-0.25, -0.2) is 0 Å². The summed E-state index contributed by atoms with van der Waals surface area (Å²) in [6.45, 7) is 3.80. The van der Waals surface area contributed by atoms with Crippen LogP contribution in [0.25, 0.3) is 32.9 Å². The lowest BCUT2D eigenvalue weighted by molar-refractivity contribution is 0.0827. The number of hydrogen-bond donors (Lipinski definition) is 0. The van der Waals surface area contributed by atoms with E-state index in [4.69, 9.17) is 4.52 Å². The predicted molar refractivity (Wildman–Crippen MR) is 157 cm³/mol. The Bertz CT molecular complexity index is 1870. The highest BCUT2D eigenvalue weighted by Crippen LogP contribution is 2.41. The Morgan fingerprint density at radius 3 is 2.10 bits per heavy atom. The van der Waals surface area contributed by atoms with Gasteiger partial charge in [-0.3, -0.25) is 4.79 Å². The molecular weight excluding hydrogens is 496 g/mol. The first-order chi connectivity index (χ1) is 19.4. The van der Waals surface area contributed by atoms with Crippen LogP contribution in [0.5, 0.6) is 0 Å². The molecule has 4 aromatic carbocycles. The number of nitrogens with zero attached hydrogens (tertiary/aromatic N) is 4. The molecule has 0 saturated carbocycles. The topological polar surface area (TPSA) is 75.1 Å². The van der Waals surface area contributed by atoms with E-state index in [-0.39, 0.29) is 11.9 Å². The molecule has 0 aliphatic carbocycles. The van der Waals surface area contributed by atoms with Crippen molar-refractivity contribution in [2.24, 2.45) is 0 Å². The third-order valence-corrected chi connectivity index (χ3v) is 7.49. The highest BCUT2D eigenvalue weighted by Gasteiger charge is 2.26. The van der Waals surface area contributed by atoms with Crippen molar-refractivity contribution in [2.75, 3.05) is 14.1 Å². The molecule has 0 N–H and O–H groups in total. The number of benzene rings is 4. The van der Waals surface area contributed by atoms with Crippen LogP contribution in [0.3, 0.4) is 0 Å². The summed E-state index contributed by atoms with van der Waals surface area (Å²) in [7, 11) is 3.50. The summed E-state index contributed by atoms with van der Waals surface area (Å²) in [6, 6.07) is 32.7. The van der Waals surface area contributed by atoms with E-state index in [1.165, 1.54) is 0 Å². The first kappa shape index (κ1) is 25.1. The number of fused-ring (bicyclic) bond motifs is 3. The summed E-state index contributed by atoms with van der Waals surface area (Å²) in [5, 5.41) is 16.3. The fraction of sp³-hybridized carbons (Fsp3) is 0.147. The lowest BCUT2D eigenvalue weighted by Gasteiger charge is -2.23. The summed E-state index contributed by atoms with van der Waals surface area (Å²) in [5.74, 6) is 0.622. The minimum Gasteiger partial charge on any atom is -0.361 e. The number of amides is 1. The molecule has 6 rings (SSSR count). The van der Waals surface area contributed by atoms with Gasteiger partial charge in [-0.05, 0) is 54.8 Å². The van der Waals surface area contributed by atoms with Crippen molar-refractivity contribution >= 4 is 27.7 Å². The Kier molecular flexibility index (Phi) is 6.20. The van der Waals surface area contributed by atoms with Crippen LogP contribution in [0.2, 0.25) is 0 Å². The van der Waals surface area contributed by atoms with Gasteiger partial charge in [-0.2, -0.15) is 5.26 Å². The molecule has 0 radical (unpaired) electrons. The molecule has 40 heavy (non-hydrogen) atoms. The largest absolute Gasteiger partial charge is 0.361 e. The smallest absolute Gasteiger partial charge is 0.253 e. The molecule has 0 aliphatic heterocycles. The lowest BCUT2D eigenvalue weighted by atomic mass is 9.96. The van der Waals surface area contributed by atoms with Crippen molar-refractivity contribution in [1.82, 2.24) is 14.6 Å². The van der Waals surface area contributed by atoms with Gasteiger partial charge >= 0.3 is 0 Å². The van der Waals surface area contributed by atoms with Crippen LogP contribution in [-0.4, -0.2) is 34.6 Å². The van der Waals surface area contributed by atoms with E-state index >= 15 is 0 Å². The number of rotatable bonds is 5. The van der Waals surface area contributed by atoms with Gasteiger partial charge in [0.15, 0.2) is 0 Å². The van der Waals surface area contributed by atoms with Gasteiger partial charge in [0.05, 0.1) is 34.4 Å². The van der Waals surface area contributed by atoms with Crippen molar-refractivity contribution in [2.45, 2.75) is 19.9 Å². The number of carbonyl (C=O) groups is 1. The second kappa shape index (κ2) is 9.87. The van der Waals surface area contributed by atoms with Crippen molar-refractivity contribution in [3.63, 3.8) is 0 Å². The van der Waals surface area contributed by atoms with E-state index in [1.807, 2.05) is 74.5 Å². The first-order valence-electron chi connectivity index (χ1n) is 13.2. The van der Waals surface area contributed by atoms with E-state index < -0.39 is 0 Å². The average Bonchev–Trinajstić information content (AvgIpc) is 3.49. The molecule has 1 amide bonds. The Labute approximate surface area is 232 Å². The molecule has 0 atom stereocenters. The average molecular weight is 525 g/mol. The van der Waals surface area contributed by atoms with Gasteiger partial charge in [-0.15, -0.1) is 0 Å². The van der Waals surface area contributed by atoms with E-state index in [0.717, 1.165) is 49.8 Å². The molecule has 0 unspecified atom stereocenters. The molecule has 0 saturated heterocycles. The molecule has 2 heterocycles. The Morgan fingerprint density at radius 2 is 1.55 bits per heavy atom. The van der Waals surface area contributed by atoms with Crippen LogP contribution in [0.4, 0.5) is 0 Å². The molecule has 0 aliphatic rings. The van der Waals surface area contributed by atoms with Gasteiger partial charge in [0.25, 0.3) is 5.91 Å². The first-order valence-corrected chi connectivity index (χ1v) is 13.2. The zero-order valence-corrected chi connectivity index (χ0v) is 22.8. The quantitative estimate of drug-likeness (QED) is 0.238. The number of hydrogen-bond acceptors (Lipinski definition) is 4. The van der Waals surface area contributed by atoms with E-state index in [9.17, 15) is 10.1 Å². The molecule has 2 aromatic heterocycles. The second-order valence-electron chi connectivity index (χ2n) is 10.3. The minimum atomic E-state index is -0.210. The third kappa shape index (κ3) is 4.04. The molecule has 6 heteroatoms. The number of aromatic nitrogens is 2. The number of carbonyl (C=O) groups excluding carboxylic acids is 1. The summed E-state index contributed by atoms with van der Waals surface area (Å²) in [4.78, 5) is 14.7. The van der Waals surface area contributed by atoms with Gasteiger partial charge in [-0.1, -0.05) is 71.9 Å². The molecule has 6 aromatic rings. The third-order valence-electron chi connectivity index (χ3n) is 7.49. The van der Waals surface area contributed by atoms with Crippen LogP contribution in [-0.2, 0) is 0 Å². The number of nitriles is 1. The normalized spacial score (nSPS) is 11.3. The van der Waals surface area contributed by atoms with Crippen LogP contribution in [0.15, 0.2) is 95.5 Å². The Hall–Kier alpha value is -5.15. The van der Waals surface area contributed by atoms with Crippen LogP contribution in [0.1, 0.15) is 44.5 Å². The monoisotopic (exact) mass is 524 g/mol. The van der Waals surface area contributed by atoms with Crippen LogP contribution < -0.4 is 0 Å². The molecular formula is C34H28N4O2. The van der Waals surface area contributed by atoms with Crippen molar-refractivity contribution in [3.05, 3.63) is 125 Å².